The van der Waals surface area contributed by atoms with E-state index in [4.69, 9.17) is 4.42 Å². The summed E-state index contributed by atoms with van der Waals surface area (Å²) in [4.78, 5) is 50.0. The second-order valence-electron chi connectivity index (χ2n) is 11.6. The molecule has 48 heavy (non-hydrogen) atoms. The molecule has 9 nitrogen and oxygen atoms in total. The molecule has 0 aliphatic heterocycles. The molecule has 8 rings (SSSR count). The van der Waals surface area contributed by atoms with Crippen LogP contribution in [-0.4, -0.2) is 33.3 Å². The maximum absolute atomic E-state index is 12.9. The number of hydrogen-bond acceptors (Lipinski definition) is 7. The average molecular weight is 634 g/mol. The molecular formula is C39H31N5O4. The lowest BCUT2D eigenvalue weighted by Crippen LogP contribution is -2.33. The number of amides is 2. The molecule has 1 aliphatic rings. The van der Waals surface area contributed by atoms with Crippen molar-refractivity contribution in [1.82, 2.24) is 20.3 Å². The van der Waals surface area contributed by atoms with Crippen molar-refractivity contribution in [3.63, 3.8) is 0 Å². The maximum atomic E-state index is 12.9. The Balaban J connectivity index is 0.000000156. The summed E-state index contributed by atoms with van der Waals surface area (Å²) in [6.45, 7) is 0.659. The van der Waals surface area contributed by atoms with Crippen LogP contribution in [0.25, 0.3) is 44.0 Å². The number of rotatable bonds is 6. The first kappa shape index (κ1) is 30.4. The van der Waals surface area contributed by atoms with Crippen LogP contribution in [-0.2, 0) is 0 Å². The highest BCUT2D eigenvalue weighted by atomic mass is 16.4. The van der Waals surface area contributed by atoms with E-state index in [-0.39, 0.29) is 23.0 Å². The fourth-order valence-electron chi connectivity index (χ4n) is 5.76. The summed E-state index contributed by atoms with van der Waals surface area (Å²) in [7, 11) is 0. The lowest BCUT2D eigenvalue weighted by molar-refractivity contribution is 0.0935. The Bertz CT molecular complexity index is 2340. The molecule has 0 bridgehead atoms. The smallest absolute Gasteiger partial charge is 0.365 e. The van der Waals surface area contributed by atoms with Crippen molar-refractivity contribution >= 4 is 50.1 Å². The van der Waals surface area contributed by atoms with Gasteiger partial charge in [0.25, 0.3) is 11.8 Å². The highest BCUT2D eigenvalue weighted by Crippen LogP contribution is 2.28. The van der Waals surface area contributed by atoms with Gasteiger partial charge in [-0.05, 0) is 76.7 Å². The third-order valence-electron chi connectivity index (χ3n) is 8.49. The Labute approximate surface area is 275 Å². The summed E-state index contributed by atoms with van der Waals surface area (Å²) < 4.78 is 5.36. The molecule has 3 heterocycles. The summed E-state index contributed by atoms with van der Waals surface area (Å²) in [6.07, 6.45) is 6.67. The maximum Gasteiger partial charge on any atom is 0.365 e. The van der Waals surface area contributed by atoms with E-state index in [9.17, 15) is 14.4 Å². The predicted octanol–water partition coefficient (Wildman–Crippen LogP) is 7.42. The summed E-state index contributed by atoms with van der Waals surface area (Å²) in [6, 6.07) is 34.0. The molecule has 2 amide bonds. The summed E-state index contributed by atoms with van der Waals surface area (Å²) in [5, 5.41) is 9.73. The zero-order valence-corrected chi connectivity index (χ0v) is 25.9. The van der Waals surface area contributed by atoms with Crippen molar-refractivity contribution in [2.24, 2.45) is 5.92 Å². The monoisotopic (exact) mass is 633 g/mol. The van der Waals surface area contributed by atoms with E-state index >= 15 is 0 Å². The topological polar surface area (TPSA) is 127 Å². The number of carbonyl (C=O) groups is 2. The third-order valence-corrected chi connectivity index (χ3v) is 8.49. The molecule has 0 atom stereocenters. The molecule has 0 radical (unpaired) electrons. The van der Waals surface area contributed by atoms with Crippen LogP contribution in [0, 0.1) is 5.92 Å². The summed E-state index contributed by atoms with van der Waals surface area (Å²) in [5.74, 6) is 0.368. The van der Waals surface area contributed by atoms with Crippen molar-refractivity contribution in [3.05, 3.63) is 143 Å². The first-order valence-electron chi connectivity index (χ1n) is 15.8. The fourth-order valence-corrected chi connectivity index (χ4v) is 5.76. The van der Waals surface area contributed by atoms with Crippen LogP contribution in [0.4, 0.5) is 5.69 Å². The van der Waals surface area contributed by atoms with Crippen molar-refractivity contribution < 1.29 is 14.0 Å². The number of nitrogens with one attached hydrogen (secondary N) is 2. The second kappa shape index (κ2) is 13.6. The molecule has 0 unspecified atom stereocenters. The van der Waals surface area contributed by atoms with E-state index in [2.05, 4.69) is 25.6 Å². The summed E-state index contributed by atoms with van der Waals surface area (Å²) >= 11 is 0. The van der Waals surface area contributed by atoms with E-state index in [1.165, 1.54) is 6.42 Å². The Kier molecular flexibility index (Phi) is 8.65. The minimum atomic E-state index is -0.469. The van der Waals surface area contributed by atoms with Crippen LogP contribution in [0.3, 0.4) is 0 Å². The van der Waals surface area contributed by atoms with Crippen LogP contribution >= 0.6 is 0 Å². The minimum absolute atomic E-state index is 0.241. The van der Waals surface area contributed by atoms with Gasteiger partial charge in [-0.3, -0.25) is 9.59 Å². The summed E-state index contributed by atoms with van der Waals surface area (Å²) in [5.41, 5.74) is 2.35. The van der Waals surface area contributed by atoms with Crippen molar-refractivity contribution in [3.8, 4) is 11.5 Å². The Morgan fingerprint density at radius 1 is 0.729 bits per heavy atom. The minimum Gasteiger partial charge on any atom is -0.402 e. The van der Waals surface area contributed by atoms with Crippen molar-refractivity contribution in [2.45, 2.75) is 19.3 Å². The van der Waals surface area contributed by atoms with Crippen LogP contribution < -0.4 is 16.3 Å². The lowest BCUT2D eigenvalue weighted by Gasteiger charge is -2.25. The number of benzene rings is 4. The van der Waals surface area contributed by atoms with Crippen molar-refractivity contribution in [1.29, 1.82) is 0 Å². The number of nitrogens with zero attached hydrogens (tertiary/aromatic N) is 3. The van der Waals surface area contributed by atoms with E-state index in [1.54, 1.807) is 42.7 Å². The Morgan fingerprint density at radius 2 is 1.42 bits per heavy atom. The number of hydrogen-bond donors (Lipinski definition) is 2. The number of aromatic nitrogens is 3. The van der Waals surface area contributed by atoms with Gasteiger partial charge in [0, 0.05) is 30.1 Å². The highest BCUT2D eigenvalue weighted by molar-refractivity contribution is 6.14. The third kappa shape index (κ3) is 6.39. The molecule has 7 aromatic rings. The Morgan fingerprint density at radius 3 is 2.21 bits per heavy atom. The van der Waals surface area contributed by atoms with Gasteiger partial charge in [-0.2, -0.15) is 0 Å². The van der Waals surface area contributed by atoms with Crippen LogP contribution in [0.2, 0.25) is 0 Å². The SMILES string of the molecule is O=C(NCC1CCC1)c1ncccc1NC(=O)c1cccc2ccccc12.O=c1oc(-c2cccc3ccccc23)nc2cccnc12. The number of pyridine rings is 2. The first-order chi connectivity index (χ1) is 23.5. The quantitative estimate of drug-likeness (QED) is 0.195. The van der Waals surface area contributed by atoms with E-state index in [1.807, 2.05) is 78.9 Å². The molecule has 0 spiro atoms. The number of fused-ring (bicyclic) bond motifs is 3. The van der Waals surface area contributed by atoms with Crippen molar-refractivity contribution in [2.75, 3.05) is 11.9 Å². The van der Waals surface area contributed by atoms with Gasteiger partial charge < -0.3 is 15.1 Å². The average Bonchev–Trinajstić information content (AvgIpc) is 3.11. The number of carbonyl (C=O) groups excluding carboxylic acids is 2. The van der Waals surface area contributed by atoms with Gasteiger partial charge >= 0.3 is 5.63 Å². The molecule has 4 aromatic carbocycles. The predicted molar refractivity (Wildman–Crippen MR) is 187 cm³/mol. The van der Waals surface area contributed by atoms with Gasteiger partial charge in [-0.25, -0.2) is 19.7 Å². The van der Waals surface area contributed by atoms with E-state index in [0.29, 0.717) is 35.1 Å². The molecule has 236 valence electrons. The van der Waals surface area contributed by atoms with Crippen LogP contribution in [0.15, 0.2) is 131 Å². The first-order valence-corrected chi connectivity index (χ1v) is 15.8. The van der Waals surface area contributed by atoms with Gasteiger partial charge in [-0.1, -0.05) is 79.2 Å². The lowest BCUT2D eigenvalue weighted by atomic mass is 9.85. The molecule has 1 saturated carbocycles. The van der Waals surface area contributed by atoms with E-state index < -0.39 is 5.63 Å². The fraction of sp³-hybridized carbons (Fsp3) is 0.128. The van der Waals surface area contributed by atoms with E-state index in [0.717, 1.165) is 39.9 Å². The molecule has 2 N–H and O–H groups in total. The molecule has 1 aliphatic carbocycles. The van der Waals surface area contributed by atoms with Gasteiger partial charge in [0.05, 0.1) is 5.69 Å². The highest BCUT2D eigenvalue weighted by Gasteiger charge is 2.21. The molecule has 9 heteroatoms. The van der Waals surface area contributed by atoms with Crippen LogP contribution in [0.5, 0.6) is 0 Å². The van der Waals surface area contributed by atoms with Gasteiger partial charge in [0.15, 0.2) is 11.2 Å². The van der Waals surface area contributed by atoms with Gasteiger partial charge in [-0.15, -0.1) is 0 Å². The zero-order valence-electron chi connectivity index (χ0n) is 25.9. The standard InChI is InChI=1S/C22H21N3O2.C17H10N2O2/c26-21(18-11-4-9-16-8-1-2-10-17(16)18)25-19-12-5-13-23-20(19)22(27)24-14-15-6-3-7-15;20-17-15-14(9-4-10-18-15)19-16(21-17)13-8-3-6-11-5-1-2-7-12(11)13/h1-2,4-5,8-13,15H,3,6-7,14H2,(H,24,27)(H,25,26);1-10H. The molecule has 0 saturated heterocycles. The number of anilines is 1. The molecule has 3 aromatic heterocycles. The van der Waals surface area contributed by atoms with Gasteiger partial charge in [0.1, 0.15) is 5.52 Å². The van der Waals surface area contributed by atoms with Crippen LogP contribution in [0.1, 0.15) is 40.1 Å². The molecule has 1 fully saturated rings. The zero-order chi connectivity index (χ0) is 32.9. The Hall–Kier alpha value is -6.22. The second-order valence-corrected chi connectivity index (χ2v) is 11.6. The molecular weight excluding hydrogens is 602 g/mol. The normalized spacial score (nSPS) is 12.6. The van der Waals surface area contributed by atoms with Gasteiger partial charge in [0.2, 0.25) is 5.89 Å². The largest absolute Gasteiger partial charge is 0.402 e.